The Balaban J connectivity index is 1.52. The maximum atomic E-state index is 11.9. The summed E-state index contributed by atoms with van der Waals surface area (Å²) in [6.07, 6.45) is 9.32. The fourth-order valence-electron chi connectivity index (χ4n) is 3.67. The maximum Gasteiger partial charge on any atom is 0.347 e. The van der Waals surface area contributed by atoms with Crippen LogP contribution in [0.15, 0.2) is 53.9 Å². The number of rotatable bonds is 9. The van der Waals surface area contributed by atoms with Crippen LogP contribution in [0.4, 0.5) is 0 Å². The Labute approximate surface area is 169 Å². The number of nitrogens with zero attached hydrogens (tertiary/aromatic N) is 3. The second-order valence-electron chi connectivity index (χ2n) is 7.15. The Morgan fingerprint density at radius 1 is 1.07 bits per heavy atom. The number of carbonyl (C=O) groups excluding carboxylic acids is 1. The van der Waals surface area contributed by atoms with E-state index in [1.54, 1.807) is 6.20 Å². The average molecular weight is 391 g/mol. The highest BCUT2D eigenvalue weighted by molar-refractivity contribution is 6.08. The molecule has 0 atom stereocenters. The molecule has 0 radical (unpaired) electrons. The number of unbranched alkanes of at least 4 members (excludes halogenated alkanes) is 4. The Morgan fingerprint density at radius 3 is 2.83 bits per heavy atom. The third-order valence-electron chi connectivity index (χ3n) is 5.09. The van der Waals surface area contributed by atoms with Gasteiger partial charge in [-0.25, -0.2) is 4.79 Å². The third kappa shape index (κ3) is 4.01. The second kappa shape index (κ2) is 8.90. The van der Waals surface area contributed by atoms with E-state index in [2.05, 4.69) is 33.6 Å². The summed E-state index contributed by atoms with van der Waals surface area (Å²) in [4.78, 5) is 21.8. The molecule has 29 heavy (non-hydrogen) atoms. The molecule has 6 nitrogen and oxygen atoms in total. The zero-order chi connectivity index (χ0) is 20.1. The molecular weight excluding hydrogens is 366 g/mol. The SMILES string of the molecule is CCCCCCCOC(=O)CON=c1c2nccc3cccc(c32)n2cccc12. The summed E-state index contributed by atoms with van der Waals surface area (Å²) in [5.41, 5.74) is 2.70. The summed E-state index contributed by atoms with van der Waals surface area (Å²) in [6.45, 7) is 2.40. The van der Waals surface area contributed by atoms with Gasteiger partial charge in [-0.3, -0.25) is 4.98 Å². The van der Waals surface area contributed by atoms with Gasteiger partial charge < -0.3 is 14.0 Å². The monoisotopic (exact) mass is 391 g/mol. The van der Waals surface area contributed by atoms with Gasteiger partial charge in [0.25, 0.3) is 0 Å². The first-order valence-electron chi connectivity index (χ1n) is 10.2. The first-order chi connectivity index (χ1) is 14.3. The summed E-state index contributed by atoms with van der Waals surface area (Å²) >= 11 is 0. The van der Waals surface area contributed by atoms with Crippen molar-refractivity contribution in [2.24, 2.45) is 5.16 Å². The van der Waals surface area contributed by atoms with E-state index >= 15 is 0 Å². The van der Waals surface area contributed by atoms with E-state index in [0.29, 0.717) is 12.0 Å². The normalized spacial score (nSPS) is 12.2. The molecule has 0 saturated heterocycles. The molecule has 3 aromatic heterocycles. The van der Waals surface area contributed by atoms with Gasteiger partial charge >= 0.3 is 5.97 Å². The van der Waals surface area contributed by atoms with E-state index in [-0.39, 0.29) is 6.61 Å². The van der Waals surface area contributed by atoms with E-state index in [1.807, 2.05) is 30.5 Å². The van der Waals surface area contributed by atoms with Gasteiger partial charge in [0, 0.05) is 17.8 Å². The standard InChI is InChI=1S/C23H25N3O3/c1-2-3-4-5-6-15-28-20(27)16-29-25-22-19-11-8-14-26(19)18-10-7-9-17-12-13-24-23(22)21(17)18/h7-14H,2-6,15-16H2,1H3. The molecule has 0 amide bonds. The lowest BCUT2D eigenvalue weighted by molar-refractivity contribution is -0.149. The molecule has 6 heteroatoms. The van der Waals surface area contributed by atoms with Crippen LogP contribution in [0.3, 0.4) is 0 Å². The van der Waals surface area contributed by atoms with E-state index in [9.17, 15) is 4.79 Å². The zero-order valence-electron chi connectivity index (χ0n) is 16.6. The molecule has 0 fully saturated rings. The number of ether oxygens (including phenoxy) is 1. The van der Waals surface area contributed by atoms with Crippen LogP contribution >= 0.6 is 0 Å². The van der Waals surface area contributed by atoms with Crippen LogP contribution in [0.1, 0.15) is 39.0 Å². The number of carbonyl (C=O) groups is 1. The lowest BCUT2D eigenvalue weighted by atomic mass is 10.1. The van der Waals surface area contributed by atoms with Crippen molar-refractivity contribution in [3.05, 3.63) is 54.1 Å². The van der Waals surface area contributed by atoms with Crippen LogP contribution in [0.5, 0.6) is 0 Å². The fourth-order valence-corrected chi connectivity index (χ4v) is 3.67. The molecule has 0 spiro atoms. The number of hydrogen-bond acceptors (Lipinski definition) is 5. The minimum absolute atomic E-state index is 0.212. The van der Waals surface area contributed by atoms with Gasteiger partial charge in [0.1, 0.15) is 5.52 Å². The highest BCUT2D eigenvalue weighted by Gasteiger charge is 2.12. The number of fused-ring (bicyclic) bond motifs is 2. The minimum atomic E-state index is -0.400. The molecular formula is C23H25N3O3. The smallest absolute Gasteiger partial charge is 0.347 e. The Hall–Kier alpha value is -3.15. The van der Waals surface area contributed by atoms with E-state index in [1.165, 1.54) is 19.3 Å². The minimum Gasteiger partial charge on any atom is -0.463 e. The molecule has 0 aliphatic rings. The summed E-state index contributed by atoms with van der Waals surface area (Å²) in [6, 6.07) is 12.0. The maximum absolute atomic E-state index is 11.9. The molecule has 1 aromatic carbocycles. The van der Waals surface area contributed by atoms with Crippen LogP contribution in [0.2, 0.25) is 0 Å². The second-order valence-corrected chi connectivity index (χ2v) is 7.15. The van der Waals surface area contributed by atoms with Gasteiger partial charge in [0.15, 0.2) is 5.36 Å². The predicted molar refractivity (Wildman–Crippen MR) is 113 cm³/mol. The molecule has 0 bridgehead atoms. The van der Waals surface area contributed by atoms with Gasteiger partial charge in [-0.05, 0) is 36.1 Å². The third-order valence-corrected chi connectivity index (χ3v) is 5.09. The first kappa shape index (κ1) is 19.2. The highest BCUT2D eigenvalue weighted by Crippen LogP contribution is 2.24. The van der Waals surface area contributed by atoms with Crippen LogP contribution in [0.25, 0.3) is 27.3 Å². The summed E-state index contributed by atoms with van der Waals surface area (Å²) in [5, 5.41) is 6.99. The molecule has 150 valence electrons. The van der Waals surface area contributed by atoms with Crippen LogP contribution in [-0.4, -0.2) is 28.6 Å². The molecule has 0 saturated carbocycles. The number of esters is 1. The largest absolute Gasteiger partial charge is 0.463 e. The average Bonchev–Trinajstić information content (AvgIpc) is 3.23. The zero-order valence-corrected chi connectivity index (χ0v) is 16.6. The molecule has 4 aromatic rings. The van der Waals surface area contributed by atoms with Gasteiger partial charge in [-0.2, -0.15) is 0 Å². The predicted octanol–water partition coefficient (Wildman–Crippen LogP) is 4.42. The quantitative estimate of drug-likeness (QED) is 0.241. The molecule has 0 unspecified atom stereocenters. The van der Waals surface area contributed by atoms with Crippen molar-refractivity contribution >= 4 is 33.3 Å². The summed E-state index contributed by atoms with van der Waals surface area (Å²) < 4.78 is 7.29. The number of hydrogen-bond donors (Lipinski definition) is 0. The lowest BCUT2D eigenvalue weighted by Gasteiger charge is -2.09. The molecule has 0 N–H and O–H groups in total. The van der Waals surface area contributed by atoms with Crippen LogP contribution < -0.4 is 5.36 Å². The molecule has 0 aliphatic heterocycles. The van der Waals surface area contributed by atoms with Gasteiger partial charge in [-0.1, -0.05) is 49.9 Å². The van der Waals surface area contributed by atoms with Crippen LogP contribution in [0, 0.1) is 0 Å². The molecule has 3 heterocycles. The summed E-state index contributed by atoms with van der Waals surface area (Å²) in [7, 11) is 0. The van der Waals surface area contributed by atoms with Crippen molar-refractivity contribution in [3.8, 4) is 0 Å². The Morgan fingerprint density at radius 2 is 1.93 bits per heavy atom. The van der Waals surface area contributed by atoms with Gasteiger partial charge in [-0.15, -0.1) is 0 Å². The van der Waals surface area contributed by atoms with Gasteiger partial charge in [0.2, 0.25) is 6.61 Å². The Kier molecular flexibility index (Phi) is 5.89. The lowest BCUT2D eigenvalue weighted by Crippen LogP contribution is -2.15. The van der Waals surface area contributed by atoms with Crippen molar-refractivity contribution in [1.82, 2.24) is 9.38 Å². The van der Waals surface area contributed by atoms with E-state index in [4.69, 9.17) is 9.57 Å². The number of aromatic nitrogens is 2. The van der Waals surface area contributed by atoms with Crippen molar-refractivity contribution in [1.29, 1.82) is 0 Å². The molecule has 4 rings (SSSR count). The van der Waals surface area contributed by atoms with Crippen molar-refractivity contribution in [3.63, 3.8) is 0 Å². The van der Waals surface area contributed by atoms with E-state index in [0.717, 1.165) is 40.2 Å². The fraction of sp³-hybridized carbons (Fsp3) is 0.348. The van der Waals surface area contributed by atoms with Gasteiger partial charge in [0.05, 0.1) is 17.6 Å². The Bertz CT molecular complexity index is 1180. The van der Waals surface area contributed by atoms with Crippen molar-refractivity contribution in [2.75, 3.05) is 13.2 Å². The number of pyridine rings is 2. The first-order valence-corrected chi connectivity index (χ1v) is 10.2. The van der Waals surface area contributed by atoms with Crippen LogP contribution in [-0.2, 0) is 14.4 Å². The molecule has 0 aliphatic carbocycles. The number of benzene rings is 1. The van der Waals surface area contributed by atoms with E-state index < -0.39 is 5.97 Å². The van der Waals surface area contributed by atoms with Crippen molar-refractivity contribution < 1.29 is 14.4 Å². The van der Waals surface area contributed by atoms with Crippen molar-refractivity contribution in [2.45, 2.75) is 39.0 Å². The summed E-state index contributed by atoms with van der Waals surface area (Å²) in [5.74, 6) is -0.400. The highest BCUT2D eigenvalue weighted by atomic mass is 16.6. The topological polar surface area (TPSA) is 65.2 Å².